The van der Waals surface area contributed by atoms with Crippen LogP contribution < -0.4 is 5.32 Å². The normalized spacial score (nSPS) is 17.4. The van der Waals surface area contributed by atoms with Crippen molar-refractivity contribution in [2.75, 3.05) is 12.3 Å². The van der Waals surface area contributed by atoms with Crippen LogP contribution in [0.1, 0.15) is 19.8 Å². The molecule has 1 aliphatic carbocycles. The Bertz CT molecular complexity index is 324. The molecular formula is C12H17BrN2S. The maximum atomic E-state index is 4.33. The fourth-order valence-electron chi connectivity index (χ4n) is 1.65. The van der Waals surface area contributed by atoms with Crippen molar-refractivity contribution < 1.29 is 0 Å². The van der Waals surface area contributed by atoms with Gasteiger partial charge in [-0.15, -0.1) is 11.8 Å². The average Bonchev–Trinajstić information content (AvgIpc) is 3.10. The number of thioether (sulfide) groups is 1. The lowest BCUT2D eigenvalue weighted by atomic mass is 10.2. The van der Waals surface area contributed by atoms with E-state index in [2.05, 4.69) is 39.2 Å². The van der Waals surface area contributed by atoms with Crippen LogP contribution in [0.3, 0.4) is 0 Å². The number of hydrogen-bond donors (Lipinski definition) is 1. The van der Waals surface area contributed by atoms with Gasteiger partial charge in [-0.3, -0.25) is 0 Å². The zero-order chi connectivity index (χ0) is 11.4. The average molecular weight is 301 g/mol. The van der Waals surface area contributed by atoms with E-state index in [4.69, 9.17) is 0 Å². The number of nitrogens with one attached hydrogen (secondary N) is 1. The Balaban J connectivity index is 1.62. The molecule has 1 atom stereocenters. The van der Waals surface area contributed by atoms with Crippen LogP contribution in [0.25, 0.3) is 0 Å². The number of nitrogens with zero attached hydrogens (tertiary/aromatic N) is 1. The fraction of sp³-hybridized carbons (Fsp3) is 0.583. The second-order valence-corrected chi connectivity index (χ2v) is 6.27. The van der Waals surface area contributed by atoms with Gasteiger partial charge in [-0.2, -0.15) is 0 Å². The van der Waals surface area contributed by atoms with Gasteiger partial charge < -0.3 is 5.32 Å². The van der Waals surface area contributed by atoms with Crippen molar-refractivity contribution in [1.82, 2.24) is 10.3 Å². The minimum Gasteiger partial charge on any atom is -0.313 e. The Hall–Kier alpha value is -0.0600. The molecule has 0 radical (unpaired) electrons. The first-order valence-corrected chi connectivity index (χ1v) is 7.51. The molecule has 0 amide bonds. The summed E-state index contributed by atoms with van der Waals surface area (Å²) in [6, 6.07) is 4.78. The minimum absolute atomic E-state index is 0.693. The SMILES string of the molecule is CC(NCCSc1ccc(Br)cn1)C1CC1. The van der Waals surface area contributed by atoms with Gasteiger partial charge in [0.15, 0.2) is 0 Å². The molecular weight excluding hydrogens is 284 g/mol. The highest BCUT2D eigenvalue weighted by Crippen LogP contribution is 2.32. The molecule has 0 saturated heterocycles. The molecule has 0 aliphatic heterocycles. The van der Waals surface area contributed by atoms with Crippen molar-refractivity contribution in [3.8, 4) is 0 Å². The maximum Gasteiger partial charge on any atom is 0.0961 e. The number of aromatic nitrogens is 1. The van der Waals surface area contributed by atoms with E-state index >= 15 is 0 Å². The van der Waals surface area contributed by atoms with E-state index in [-0.39, 0.29) is 0 Å². The zero-order valence-electron chi connectivity index (χ0n) is 9.45. The lowest BCUT2D eigenvalue weighted by molar-refractivity contribution is 0.514. The Morgan fingerprint density at radius 3 is 3.00 bits per heavy atom. The van der Waals surface area contributed by atoms with Gasteiger partial charge >= 0.3 is 0 Å². The molecule has 4 heteroatoms. The fourth-order valence-corrected chi connectivity index (χ4v) is 2.61. The van der Waals surface area contributed by atoms with Crippen LogP contribution >= 0.6 is 27.7 Å². The number of rotatable bonds is 6. The van der Waals surface area contributed by atoms with E-state index in [0.29, 0.717) is 6.04 Å². The summed E-state index contributed by atoms with van der Waals surface area (Å²) >= 11 is 5.19. The molecule has 1 N–H and O–H groups in total. The van der Waals surface area contributed by atoms with Crippen molar-refractivity contribution in [3.63, 3.8) is 0 Å². The van der Waals surface area contributed by atoms with Gasteiger partial charge in [0.05, 0.1) is 5.03 Å². The molecule has 2 nitrogen and oxygen atoms in total. The topological polar surface area (TPSA) is 24.9 Å². The number of pyridine rings is 1. The standard InChI is InChI=1S/C12H17BrN2S/c1-9(10-2-3-10)14-6-7-16-12-5-4-11(13)8-15-12/h4-5,8-10,14H,2-3,6-7H2,1H3. The predicted molar refractivity (Wildman–Crippen MR) is 72.8 cm³/mol. The summed E-state index contributed by atoms with van der Waals surface area (Å²) in [6.45, 7) is 3.36. The molecule has 1 aromatic heterocycles. The Labute approximate surface area is 110 Å². The first-order valence-electron chi connectivity index (χ1n) is 5.73. The van der Waals surface area contributed by atoms with E-state index in [0.717, 1.165) is 27.7 Å². The third-order valence-corrected chi connectivity index (χ3v) is 4.26. The molecule has 1 saturated carbocycles. The van der Waals surface area contributed by atoms with Gasteiger partial charge in [0, 0.05) is 29.0 Å². The Morgan fingerprint density at radius 1 is 1.56 bits per heavy atom. The van der Waals surface area contributed by atoms with Crippen LogP contribution in [-0.4, -0.2) is 23.3 Å². The van der Waals surface area contributed by atoms with Crippen LogP contribution in [0.4, 0.5) is 0 Å². The summed E-state index contributed by atoms with van der Waals surface area (Å²) in [5, 5.41) is 4.67. The van der Waals surface area contributed by atoms with Gasteiger partial charge in [-0.25, -0.2) is 4.98 Å². The third kappa shape index (κ3) is 4.07. The predicted octanol–water partition coefficient (Wildman–Crippen LogP) is 3.32. The maximum absolute atomic E-state index is 4.33. The van der Waals surface area contributed by atoms with E-state index in [9.17, 15) is 0 Å². The van der Waals surface area contributed by atoms with Crippen LogP contribution in [-0.2, 0) is 0 Å². The molecule has 1 unspecified atom stereocenters. The van der Waals surface area contributed by atoms with Crippen molar-refractivity contribution in [1.29, 1.82) is 0 Å². The molecule has 1 fully saturated rings. The highest BCUT2D eigenvalue weighted by atomic mass is 79.9. The van der Waals surface area contributed by atoms with Crippen LogP contribution in [0, 0.1) is 5.92 Å². The van der Waals surface area contributed by atoms with Crippen molar-refractivity contribution in [2.45, 2.75) is 30.8 Å². The molecule has 16 heavy (non-hydrogen) atoms. The van der Waals surface area contributed by atoms with E-state index in [1.54, 1.807) is 0 Å². The Kier molecular flexibility index (Phi) is 4.67. The summed E-state index contributed by atoms with van der Waals surface area (Å²) in [6.07, 6.45) is 4.67. The van der Waals surface area contributed by atoms with E-state index < -0.39 is 0 Å². The highest BCUT2D eigenvalue weighted by Gasteiger charge is 2.27. The molecule has 0 bridgehead atoms. The van der Waals surface area contributed by atoms with Crippen LogP contribution in [0.15, 0.2) is 27.8 Å². The molecule has 1 heterocycles. The first kappa shape index (κ1) is 12.4. The summed E-state index contributed by atoms with van der Waals surface area (Å²) in [5.41, 5.74) is 0. The van der Waals surface area contributed by atoms with E-state index in [1.807, 2.05) is 24.0 Å². The van der Waals surface area contributed by atoms with Gasteiger partial charge in [-0.1, -0.05) is 0 Å². The summed E-state index contributed by atoms with van der Waals surface area (Å²) in [7, 11) is 0. The molecule has 0 spiro atoms. The second-order valence-electron chi connectivity index (χ2n) is 4.24. The summed E-state index contributed by atoms with van der Waals surface area (Å²) in [5.74, 6) is 2.03. The van der Waals surface area contributed by atoms with Gasteiger partial charge in [-0.05, 0) is 53.7 Å². The molecule has 1 aromatic rings. The van der Waals surface area contributed by atoms with Crippen molar-refractivity contribution in [3.05, 3.63) is 22.8 Å². The summed E-state index contributed by atoms with van der Waals surface area (Å²) in [4.78, 5) is 4.33. The molecule has 1 aliphatic rings. The number of hydrogen-bond acceptors (Lipinski definition) is 3. The highest BCUT2D eigenvalue weighted by molar-refractivity contribution is 9.10. The molecule has 0 aromatic carbocycles. The van der Waals surface area contributed by atoms with Gasteiger partial charge in [0.25, 0.3) is 0 Å². The smallest absolute Gasteiger partial charge is 0.0961 e. The lowest BCUT2D eigenvalue weighted by Gasteiger charge is -2.11. The number of halogens is 1. The second kappa shape index (κ2) is 6.03. The van der Waals surface area contributed by atoms with Crippen LogP contribution in [0.5, 0.6) is 0 Å². The molecule has 88 valence electrons. The van der Waals surface area contributed by atoms with Crippen molar-refractivity contribution in [2.24, 2.45) is 5.92 Å². The third-order valence-electron chi connectivity index (χ3n) is 2.85. The lowest BCUT2D eigenvalue weighted by Crippen LogP contribution is -2.29. The van der Waals surface area contributed by atoms with E-state index in [1.165, 1.54) is 12.8 Å². The zero-order valence-corrected chi connectivity index (χ0v) is 11.9. The summed E-state index contributed by atoms with van der Waals surface area (Å²) < 4.78 is 1.04. The molecule has 2 rings (SSSR count). The quantitative estimate of drug-likeness (QED) is 0.644. The van der Waals surface area contributed by atoms with Crippen molar-refractivity contribution >= 4 is 27.7 Å². The van der Waals surface area contributed by atoms with Crippen LogP contribution in [0.2, 0.25) is 0 Å². The van der Waals surface area contributed by atoms with Gasteiger partial charge in [0.1, 0.15) is 0 Å². The first-order chi connectivity index (χ1) is 7.75. The Morgan fingerprint density at radius 2 is 2.38 bits per heavy atom. The monoisotopic (exact) mass is 300 g/mol. The van der Waals surface area contributed by atoms with Gasteiger partial charge in [0.2, 0.25) is 0 Å². The largest absolute Gasteiger partial charge is 0.313 e. The minimum atomic E-state index is 0.693.